The van der Waals surface area contributed by atoms with Gasteiger partial charge in [0, 0.05) is 28.0 Å². The largest absolute Gasteiger partial charge is 0.398 e. The third-order valence-corrected chi connectivity index (χ3v) is 3.93. The van der Waals surface area contributed by atoms with Crippen molar-refractivity contribution in [3.05, 3.63) is 45.7 Å². The molecule has 4 nitrogen and oxygen atoms in total. The van der Waals surface area contributed by atoms with Gasteiger partial charge in [-0.1, -0.05) is 6.92 Å². The molecule has 0 fully saturated rings. The molecule has 0 radical (unpaired) electrons. The zero-order valence-electron chi connectivity index (χ0n) is 11.7. The van der Waals surface area contributed by atoms with Gasteiger partial charge in [0.05, 0.1) is 12.1 Å². The molecule has 1 aromatic heterocycles. The van der Waals surface area contributed by atoms with Gasteiger partial charge in [0.15, 0.2) is 5.78 Å². The van der Waals surface area contributed by atoms with Crippen LogP contribution in [0.4, 0.5) is 5.69 Å². The van der Waals surface area contributed by atoms with Crippen LogP contribution in [0.2, 0.25) is 0 Å². The predicted octanol–water partition coefficient (Wildman–Crippen LogP) is 3.24. The third kappa shape index (κ3) is 3.10. The van der Waals surface area contributed by atoms with Crippen molar-refractivity contribution >= 4 is 27.4 Å². The number of rotatable bonds is 5. The maximum atomic E-state index is 12.3. The lowest BCUT2D eigenvalue weighted by atomic mass is 10.1. The Morgan fingerprint density at radius 3 is 2.70 bits per heavy atom. The molecule has 0 atom stereocenters. The topological polar surface area (TPSA) is 60.9 Å². The van der Waals surface area contributed by atoms with Gasteiger partial charge in [0.1, 0.15) is 0 Å². The number of hydrogen-bond donors (Lipinski definition) is 1. The lowest BCUT2D eigenvalue weighted by Crippen LogP contribution is -2.10. The lowest BCUT2D eigenvalue weighted by Gasteiger charge is -2.05. The number of ketones is 1. The monoisotopic (exact) mass is 335 g/mol. The molecular formula is C15H18BrN3O. The van der Waals surface area contributed by atoms with Crippen LogP contribution in [0.15, 0.2) is 28.7 Å². The molecule has 2 rings (SSSR count). The Hall–Kier alpha value is -1.62. The summed E-state index contributed by atoms with van der Waals surface area (Å²) in [5.41, 5.74) is 9.01. The van der Waals surface area contributed by atoms with E-state index in [0.29, 0.717) is 17.7 Å². The van der Waals surface area contributed by atoms with Crippen molar-refractivity contribution in [3.8, 4) is 0 Å². The second-order valence-electron chi connectivity index (χ2n) is 4.63. The molecule has 0 saturated carbocycles. The van der Waals surface area contributed by atoms with Gasteiger partial charge in [-0.3, -0.25) is 9.48 Å². The standard InChI is InChI=1S/C15H18BrN3O/c1-3-11-8-12(19(4-2)18-11)9-15(20)10-5-6-14(17)13(16)7-10/h5-8H,3-4,9,17H2,1-2H3. The van der Waals surface area contributed by atoms with E-state index in [0.717, 1.165) is 28.8 Å². The van der Waals surface area contributed by atoms with Crippen molar-refractivity contribution in [1.29, 1.82) is 0 Å². The van der Waals surface area contributed by atoms with Crippen LogP contribution in [0.25, 0.3) is 0 Å². The summed E-state index contributed by atoms with van der Waals surface area (Å²) in [5.74, 6) is 0.0722. The highest BCUT2D eigenvalue weighted by Crippen LogP contribution is 2.21. The fraction of sp³-hybridized carbons (Fsp3) is 0.333. The summed E-state index contributed by atoms with van der Waals surface area (Å²) in [6.07, 6.45) is 1.23. The fourth-order valence-electron chi connectivity index (χ4n) is 2.07. The van der Waals surface area contributed by atoms with Gasteiger partial charge in [0.2, 0.25) is 0 Å². The molecule has 0 aliphatic rings. The number of aryl methyl sites for hydroxylation is 2. The van der Waals surface area contributed by atoms with E-state index in [1.807, 2.05) is 17.7 Å². The van der Waals surface area contributed by atoms with Crippen LogP contribution in [0.5, 0.6) is 0 Å². The molecule has 0 aliphatic carbocycles. The number of halogens is 1. The Kier molecular flexibility index (Phi) is 4.60. The maximum absolute atomic E-state index is 12.3. The first-order chi connectivity index (χ1) is 9.55. The highest BCUT2D eigenvalue weighted by molar-refractivity contribution is 9.10. The van der Waals surface area contributed by atoms with Crippen LogP contribution in [0, 0.1) is 0 Å². The van der Waals surface area contributed by atoms with Crippen LogP contribution in [-0.2, 0) is 19.4 Å². The molecule has 20 heavy (non-hydrogen) atoms. The average Bonchev–Trinajstić information content (AvgIpc) is 2.84. The van der Waals surface area contributed by atoms with Crippen molar-refractivity contribution in [3.63, 3.8) is 0 Å². The van der Waals surface area contributed by atoms with Crippen LogP contribution >= 0.6 is 15.9 Å². The zero-order chi connectivity index (χ0) is 14.7. The van der Waals surface area contributed by atoms with Crippen molar-refractivity contribution < 1.29 is 4.79 Å². The summed E-state index contributed by atoms with van der Waals surface area (Å²) in [7, 11) is 0. The summed E-state index contributed by atoms with van der Waals surface area (Å²) < 4.78 is 2.64. The van der Waals surface area contributed by atoms with Gasteiger partial charge in [-0.15, -0.1) is 0 Å². The number of aromatic nitrogens is 2. The minimum atomic E-state index is 0.0722. The van der Waals surface area contributed by atoms with E-state index in [1.54, 1.807) is 18.2 Å². The van der Waals surface area contributed by atoms with Gasteiger partial charge in [-0.05, 0) is 53.5 Å². The SMILES string of the molecule is CCc1cc(CC(=O)c2ccc(N)c(Br)c2)n(CC)n1. The maximum Gasteiger partial charge on any atom is 0.168 e. The summed E-state index contributed by atoms with van der Waals surface area (Å²) in [6.45, 7) is 4.86. The molecule has 0 bridgehead atoms. The quantitative estimate of drug-likeness (QED) is 0.674. The van der Waals surface area contributed by atoms with Gasteiger partial charge < -0.3 is 5.73 Å². The molecule has 2 N–H and O–H groups in total. The van der Waals surface area contributed by atoms with E-state index in [1.165, 1.54) is 0 Å². The van der Waals surface area contributed by atoms with E-state index < -0.39 is 0 Å². The number of carbonyl (C=O) groups excluding carboxylic acids is 1. The molecule has 0 saturated heterocycles. The van der Waals surface area contributed by atoms with Crippen molar-refractivity contribution in [2.75, 3.05) is 5.73 Å². The van der Waals surface area contributed by atoms with Gasteiger partial charge in [-0.25, -0.2) is 0 Å². The number of carbonyl (C=O) groups is 1. The minimum absolute atomic E-state index is 0.0722. The Morgan fingerprint density at radius 2 is 2.10 bits per heavy atom. The first-order valence-electron chi connectivity index (χ1n) is 6.69. The van der Waals surface area contributed by atoms with E-state index in [9.17, 15) is 4.79 Å². The summed E-state index contributed by atoms with van der Waals surface area (Å²) >= 11 is 3.35. The highest BCUT2D eigenvalue weighted by Gasteiger charge is 2.13. The summed E-state index contributed by atoms with van der Waals surface area (Å²) in [5, 5.41) is 4.46. The molecule has 1 aromatic carbocycles. The van der Waals surface area contributed by atoms with Crippen LogP contribution in [0.3, 0.4) is 0 Å². The third-order valence-electron chi connectivity index (χ3n) is 3.24. The molecule has 0 amide bonds. The van der Waals surface area contributed by atoms with E-state index >= 15 is 0 Å². The number of nitrogen functional groups attached to an aromatic ring is 1. The van der Waals surface area contributed by atoms with Crippen molar-refractivity contribution in [2.24, 2.45) is 0 Å². The van der Waals surface area contributed by atoms with Gasteiger partial charge in [-0.2, -0.15) is 5.10 Å². The fourth-order valence-corrected chi connectivity index (χ4v) is 2.45. The molecular weight excluding hydrogens is 318 g/mol. The highest BCUT2D eigenvalue weighted by atomic mass is 79.9. The first-order valence-corrected chi connectivity index (χ1v) is 7.48. The second-order valence-corrected chi connectivity index (χ2v) is 5.49. The van der Waals surface area contributed by atoms with Crippen molar-refractivity contribution in [2.45, 2.75) is 33.2 Å². The first kappa shape index (κ1) is 14.8. The number of benzene rings is 1. The Morgan fingerprint density at radius 1 is 1.35 bits per heavy atom. The molecule has 2 aromatic rings. The molecule has 0 spiro atoms. The predicted molar refractivity (Wildman–Crippen MR) is 83.9 cm³/mol. The minimum Gasteiger partial charge on any atom is -0.398 e. The molecule has 106 valence electrons. The number of hydrogen-bond acceptors (Lipinski definition) is 3. The summed E-state index contributed by atoms with van der Waals surface area (Å²) in [4.78, 5) is 12.3. The second kappa shape index (κ2) is 6.22. The molecule has 0 unspecified atom stereocenters. The number of nitrogens with zero attached hydrogens (tertiary/aromatic N) is 2. The van der Waals surface area contributed by atoms with Crippen molar-refractivity contribution in [1.82, 2.24) is 9.78 Å². The Labute approximate surface area is 127 Å². The normalized spacial score (nSPS) is 10.8. The number of nitrogens with two attached hydrogens (primary N) is 1. The van der Waals surface area contributed by atoms with E-state index in [-0.39, 0.29) is 5.78 Å². The summed E-state index contributed by atoms with van der Waals surface area (Å²) in [6, 6.07) is 7.28. The lowest BCUT2D eigenvalue weighted by molar-refractivity contribution is 0.0990. The van der Waals surface area contributed by atoms with E-state index in [2.05, 4.69) is 28.0 Å². The molecule has 5 heteroatoms. The van der Waals surface area contributed by atoms with E-state index in [4.69, 9.17) is 5.73 Å². The number of Topliss-reactive ketones (excluding diaryl/α,β-unsaturated/α-hetero) is 1. The number of anilines is 1. The van der Waals surface area contributed by atoms with Crippen LogP contribution in [0.1, 0.15) is 35.6 Å². The smallest absolute Gasteiger partial charge is 0.168 e. The molecule has 0 aliphatic heterocycles. The Bertz CT molecular complexity index is 634. The van der Waals surface area contributed by atoms with Gasteiger partial charge in [0.25, 0.3) is 0 Å². The zero-order valence-corrected chi connectivity index (χ0v) is 13.3. The average molecular weight is 336 g/mol. The van der Waals surface area contributed by atoms with Crippen LogP contribution < -0.4 is 5.73 Å². The van der Waals surface area contributed by atoms with Crippen LogP contribution in [-0.4, -0.2) is 15.6 Å². The Balaban J connectivity index is 2.22. The molecule has 1 heterocycles. The van der Waals surface area contributed by atoms with Gasteiger partial charge >= 0.3 is 0 Å².